The number of thiol groups is 2. The van der Waals surface area contributed by atoms with Gasteiger partial charge in [-0.15, -0.1) is 0 Å². The number of unbranched alkanes of at least 4 members (excludes halogenated alkanes) is 1. The van der Waals surface area contributed by atoms with Gasteiger partial charge in [0, 0.05) is 29.9 Å². The van der Waals surface area contributed by atoms with Gasteiger partial charge in [0.1, 0.15) is 90.0 Å². The Labute approximate surface area is 634 Å². The number of aromatic hydroxyl groups is 2. The van der Waals surface area contributed by atoms with E-state index in [2.05, 4.69) is 94.4 Å². The first-order chi connectivity index (χ1) is 50.9. The molecule has 0 aromatic heterocycles. The van der Waals surface area contributed by atoms with Crippen molar-refractivity contribution in [2.24, 2.45) is 45.9 Å². The number of benzene rings is 2. The number of carbonyl (C=O) groups is 14. The van der Waals surface area contributed by atoms with E-state index in [0.717, 1.165) is 0 Å². The van der Waals surface area contributed by atoms with E-state index < -0.39 is 197 Å². The maximum Gasteiger partial charge on any atom is 0.326 e. The van der Waals surface area contributed by atoms with E-state index >= 15 is 0 Å². The van der Waals surface area contributed by atoms with Crippen molar-refractivity contribution < 1.29 is 92.7 Å². The van der Waals surface area contributed by atoms with E-state index in [1.165, 1.54) is 69.3 Å². The number of nitrogens with one attached hydrogen (secondary N) is 14. The number of hydrogen-bond acceptors (Lipinski definition) is 27. The minimum atomic E-state index is -1.90. The predicted octanol–water partition coefficient (Wildman–Crippen LogP) is -10.2. The highest BCUT2D eigenvalue weighted by Gasteiger charge is 2.41. The van der Waals surface area contributed by atoms with Crippen molar-refractivity contribution >= 4 is 114 Å². The molecule has 0 saturated heterocycles. The molecule has 43 heteroatoms. The summed E-state index contributed by atoms with van der Waals surface area (Å²) in [6.07, 6.45) is -3.69. The summed E-state index contributed by atoms with van der Waals surface area (Å²) in [6.45, 7) is 2.05. The van der Waals surface area contributed by atoms with Gasteiger partial charge in [-0.3, -0.25) is 67.7 Å². The van der Waals surface area contributed by atoms with E-state index in [0.29, 0.717) is 17.5 Å². The van der Waals surface area contributed by atoms with Crippen LogP contribution >= 0.6 is 25.3 Å². The summed E-state index contributed by atoms with van der Waals surface area (Å²) < 4.78 is -1.50. The van der Waals surface area contributed by atoms with Gasteiger partial charge in [0.05, 0.1) is 19.1 Å². The number of rotatable bonds is 51. The molecule has 0 saturated carbocycles. The topological polar surface area (TPSA) is 729 Å². The highest BCUT2D eigenvalue weighted by atomic mass is 32.1. The number of amides is 13. The molecular formula is C65H108N22O19S2. The van der Waals surface area contributed by atoms with Crippen LogP contribution in [-0.2, 0) is 80.0 Å². The van der Waals surface area contributed by atoms with Crippen molar-refractivity contribution in [3.05, 3.63) is 59.7 Å². The molecule has 0 aliphatic rings. The quantitative estimate of drug-likeness (QED) is 0.0127. The number of carboxylic acids is 1. The lowest BCUT2D eigenvalue weighted by Gasteiger charge is -2.33. The fourth-order valence-electron chi connectivity index (χ4n) is 10.2. The molecule has 41 nitrogen and oxygen atoms in total. The van der Waals surface area contributed by atoms with Crippen molar-refractivity contribution in [3.63, 3.8) is 0 Å². The van der Waals surface area contributed by atoms with E-state index in [1.54, 1.807) is 0 Å². The minimum Gasteiger partial charge on any atom is -0.508 e. The molecule has 2 aromatic carbocycles. The first-order valence-electron chi connectivity index (χ1n) is 34.6. The SMILES string of the molecule is C[C@@H](O)[C@H](N)C(=O)N[C@@H](Cc1ccc(O)cc1)C(=O)N[C@H](C(=O)N[C@@H](CC(N)=O)C(=O)N[C@@H](CCCNC(=N)N)C(=O)N[C@@H](CCN)C(=O)N[C@@H](CO)C(=O)N[C@H](CCN)C(=O)N[C@@H](CCCCN)C(=O)N[C@@H](CS)C(=O)N[C@@H](CCN)C(=O)N[C@@H](CCN)C(=O)N[C@@H](Cc1ccc(O)cc1)C(=O)O)C(C)(C)S. The monoisotopic (exact) mass is 1560 g/mol. The Kier molecular flexibility index (Phi) is 42.4. The second kappa shape index (κ2) is 48.5. The molecule has 14 atom stereocenters. The number of phenolic OH excluding ortho intramolecular Hbond substituents is 2. The van der Waals surface area contributed by atoms with Crippen molar-refractivity contribution in [1.29, 1.82) is 5.41 Å². The number of carbonyl (C=O) groups excluding carboxylic acids is 13. The Morgan fingerprint density at radius 1 is 0.444 bits per heavy atom. The summed E-state index contributed by atoms with van der Waals surface area (Å²) in [5, 5.41) is 89.0. The molecule has 108 heavy (non-hydrogen) atoms. The highest BCUT2D eigenvalue weighted by molar-refractivity contribution is 7.81. The molecule has 0 heterocycles. The minimum absolute atomic E-state index is 0.0330. The number of phenols is 2. The molecule has 35 N–H and O–H groups in total. The molecule has 2 rings (SSSR count). The van der Waals surface area contributed by atoms with E-state index in [9.17, 15) is 92.7 Å². The standard InChI is InChI=1S/C65H108N22O19S2/c1-32(89)49(72)61(103)82-43(27-33-9-13-35(90)14-10-33)58(100)87-50(65(2,3)108)62(104)83-44(29-48(71)92)57(99)77-38(8-6-26-75-64(73)74)51(93)78-42(20-25-70)56(98)85-46(30-88)59(101)80-39(17-22-67)53(95)76-37(7-4-5-21-66)52(94)86-47(31-107)60(102)81-40(18-23-68)54(96)79-41(19-24-69)55(97)84-45(63(105)106)28-34-11-15-36(91)16-12-34/h9-16,32,37-47,49-50,88-91,107-108H,4-8,17-31,66-70,72H2,1-3H3,(H2,71,92)(H,76,95)(H,77,99)(H,78,93)(H,79,96)(H,80,101)(H,81,102)(H,82,103)(H,83,104)(H,84,97)(H,85,98)(H,86,94)(H,87,100)(H,105,106)(H4,73,74,75)/t32-,37+,38+,39-,40+,41+,42+,43+,44+,45+,46+,47+,49+,50-/m1/s1. The van der Waals surface area contributed by atoms with Crippen LogP contribution in [0.1, 0.15) is 96.1 Å². The summed E-state index contributed by atoms with van der Waals surface area (Å²) in [4.78, 5) is 192. The van der Waals surface area contributed by atoms with Crippen LogP contribution in [0.25, 0.3) is 0 Å². The number of carboxylic acid groups (broad SMARTS) is 1. The average Bonchev–Trinajstić information content (AvgIpc) is 0.856. The zero-order valence-electron chi connectivity index (χ0n) is 60.3. The molecule has 0 bridgehead atoms. The molecule has 13 amide bonds. The number of hydrogen-bond donors (Lipinski definition) is 29. The molecule has 0 fully saturated rings. The van der Waals surface area contributed by atoms with Crippen molar-refractivity contribution in [2.75, 3.05) is 51.6 Å². The highest BCUT2D eigenvalue weighted by Crippen LogP contribution is 2.20. The summed E-state index contributed by atoms with van der Waals surface area (Å²) >= 11 is 8.74. The fourth-order valence-corrected chi connectivity index (χ4v) is 10.7. The van der Waals surface area contributed by atoms with E-state index in [1.807, 2.05) is 0 Å². The molecule has 0 aliphatic heterocycles. The van der Waals surface area contributed by atoms with Crippen LogP contribution in [0.15, 0.2) is 48.5 Å². The van der Waals surface area contributed by atoms with Gasteiger partial charge in [0.2, 0.25) is 76.8 Å². The normalized spacial score (nSPS) is 15.1. The summed E-state index contributed by atoms with van der Waals surface area (Å²) in [6, 6.07) is -9.63. The van der Waals surface area contributed by atoms with Gasteiger partial charge in [0.15, 0.2) is 5.96 Å². The second-order valence-corrected chi connectivity index (χ2v) is 27.2. The predicted molar refractivity (Wildman–Crippen MR) is 399 cm³/mol. The van der Waals surface area contributed by atoms with Crippen LogP contribution in [0.5, 0.6) is 11.5 Å². The van der Waals surface area contributed by atoms with Gasteiger partial charge in [-0.2, -0.15) is 25.3 Å². The average molecular weight is 1570 g/mol. The maximum absolute atomic E-state index is 14.3. The van der Waals surface area contributed by atoms with Crippen LogP contribution < -0.4 is 115 Å². The molecule has 0 spiro atoms. The number of aliphatic hydroxyl groups excluding tert-OH is 2. The Balaban J connectivity index is 2.38. The van der Waals surface area contributed by atoms with Gasteiger partial charge >= 0.3 is 5.97 Å². The second-order valence-electron chi connectivity index (χ2n) is 25.7. The maximum atomic E-state index is 14.3. The third-order valence-corrected chi connectivity index (χ3v) is 16.9. The number of guanidine groups is 1. The van der Waals surface area contributed by atoms with Crippen molar-refractivity contribution in [3.8, 4) is 11.5 Å². The molecule has 0 aliphatic carbocycles. The van der Waals surface area contributed by atoms with Crippen molar-refractivity contribution in [1.82, 2.24) is 69.1 Å². The van der Waals surface area contributed by atoms with Crippen LogP contribution in [0, 0.1) is 5.41 Å². The van der Waals surface area contributed by atoms with Gasteiger partial charge in [-0.1, -0.05) is 24.3 Å². The number of aliphatic hydroxyl groups is 2. The lowest BCUT2D eigenvalue weighted by atomic mass is 9.99. The Morgan fingerprint density at radius 2 is 0.769 bits per heavy atom. The lowest BCUT2D eigenvalue weighted by Crippen LogP contribution is -2.63. The Bertz CT molecular complexity index is 3340. The number of primary amides is 1. The van der Waals surface area contributed by atoms with E-state index in [-0.39, 0.29) is 115 Å². The Hall–Kier alpha value is -9.73. The van der Waals surface area contributed by atoms with Crippen LogP contribution in [0.4, 0.5) is 0 Å². The zero-order valence-corrected chi connectivity index (χ0v) is 62.1. The van der Waals surface area contributed by atoms with E-state index in [4.69, 9.17) is 51.3 Å². The van der Waals surface area contributed by atoms with Gasteiger partial charge in [-0.25, -0.2) is 4.79 Å². The van der Waals surface area contributed by atoms with Crippen LogP contribution in [-0.4, -0.2) is 255 Å². The molecule has 0 unspecified atom stereocenters. The fraction of sp³-hybridized carbons (Fsp3) is 0.585. The first-order valence-corrected chi connectivity index (χ1v) is 35.6. The van der Waals surface area contributed by atoms with Gasteiger partial charge < -0.3 is 141 Å². The zero-order chi connectivity index (χ0) is 81.5. The van der Waals surface area contributed by atoms with Gasteiger partial charge in [0.25, 0.3) is 0 Å². The summed E-state index contributed by atoms with van der Waals surface area (Å²) in [5.41, 5.74) is 46.7. The largest absolute Gasteiger partial charge is 0.508 e. The number of nitrogens with two attached hydrogens (primary N) is 8. The first kappa shape index (κ1) is 94.4. The molecular weight excluding hydrogens is 1460 g/mol. The van der Waals surface area contributed by atoms with Crippen LogP contribution in [0.3, 0.4) is 0 Å². The van der Waals surface area contributed by atoms with Crippen LogP contribution in [0.2, 0.25) is 0 Å². The lowest BCUT2D eigenvalue weighted by molar-refractivity contribution is -0.142. The summed E-state index contributed by atoms with van der Waals surface area (Å²) in [5.74, 6) is -16.2. The molecule has 2 aromatic rings. The third-order valence-electron chi connectivity index (χ3n) is 16.3. The smallest absolute Gasteiger partial charge is 0.326 e. The third kappa shape index (κ3) is 34.0. The molecule has 604 valence electrons. The summed E-state index contributed by atoms with van der Waals surface area (Å²) in [7, 11) is 0. The molecule has 0 radical (unpaired) electrons. The van der Waals surface area contributed by atoms with Crippen molar-refractivity contribution in [2.45, 2.75) is 187 Å². The number of aliphatic carboxylic acids is 1. The Morgan fingerprint density at radius 3 is 1.12 bits per heavy atom. The van der Waals surface area contributed by atoms with Gasteiger partial charge in [-0.05, 0) is 147 Å².